The molecule has 94 valence electrons. The highest BCUT2D eigenvalue weighted by atomic mass is 16.5. The number of hydrogen-bond acceptors (Lipinski definition) is 3. The molecular weight excluding hydrogens is 202 g/mol. The first-order chi connectivity index (χ1) is 7.65. The third-order valence-electron chi connectivity index (χ3n) is 3.85. The molecule has 1 atom stereocenters. The van der Waals surface area contributed by atoms with Crippen molar-refractivity contribution in [3.63, 3.8) is 0 Å². The van der Waals surface area contributed by atoms with E-state index in [2.05, 4.69) is 18.7 Å². The monoisotopic (exact) mass is 227 g/mol. The molecule has 1 aliphatic heterocycles. The van der Waals surface area contributed by atoms with Crippen LogP contribution in [-0.2, 0) is 9.53 Å². The van der Waals surface area contributed by atoms with E-state index in [9.17, 15) is 4.79 Å². The van der Waals surface area contributed by atoms with Gasteiger partial charge in [0.05, 0.1) is 5.54 Å². The molecule has 0 saturated carbocycles. The molecule has 16 heavy (non-hydrogen) atoms. The van der Waals surface area contributed by atoms with Crippen LogP contribution in [0.15, 0.2) is 0 Å². The summed E-state index contributed by atoms with van der Waals surface area (Å²) in [6, 6.07) is 0. The Labute approximate surface area is 99.1 Å². The molecule has 1 rings (SSSR count). The highest BCUT2D eigenvalue weighted by molar-refractivity contribution is 5.87. The molecule has 0 N–H and O–H groups in total. The van der Waals surface area contributed by atoms with E-state index < -0.39 is 0 Å². The molecule has 0 bridgehead atoms. The second kappa shape index (κ2) is 6.36. The van der Waals surface area contributed by atoms with Crippen LogP contribution in [0.1, 0.15) is 46.0 Å². The quantitative estimate of drug-likeness (QED) is 0.625. The van der Waals surface area contributed by atoms with Crippen molar-refractivity contribution in [1.82, 2.24) is 4.90 Å². The van der Waals surface area contributed by atoms with Gasteiger partial charge in [-0.3, -0.25) is 9.69 Å². The van der Waals surface area contributed by atoms with Crippen molar-refractivity contribution in [3.8, 4) is 0 Å². The lowest BCUT2D eigenvalue weighted by Crippen LogP contribution is -2.50. The van der Waals surface area contributed by atoms with E-state index >= 15 is 0 Å². The number of rotatable bonds is 7. The second-order valence-corrected chi connectivity index (χ2v) is 4.84. The zero-order chi connectivity index (χ0) is 12.0. The van der Waals surface area contributed by atoms with Crippen molar-refractivity contribution < 1.29 is 9.53 Å². The average molecular weight is 227 g/mol. The molecule has 1 aliphatic rings. The second-order valence-electron chi connectivity index (χ2n) is 4.84. The van der Waals surface area contributed by atoms with Crippen molar-refractivity contribution in [2.24, 2.45) is 0 Å². The fraction of sp³-hybridized carbons (Fsp3) is 0.923. The lowest BCUT2D eigenvalue weighted by atomic mass is 9.88. The third-order valence-corrected chi connectivity index (χ3v) is 3.85. The van der Waals surface area contributed by atoms with E-state index in [4.69, 9.17) is 4.74 Å². The van der Waals surface area contributed by atoms with Gasteiger partial charge in [0.15, 0.2) is 5.78 Å². The number of nitrogens with zero attached hydrogens (tertiary/aromatic N) is 1. The Morgan fingerprint density at radius 2 is 2.00 bits per heavy atom. The minimum atomic E-state index is -0.232. The molecule has 0 aromatic carbocycles. The van der Waals surface area contributed by atoms with Crippen LogP contribution in [0.5, 0.6) is 0 Å². The number of hydrogen-bond donors (Lipinski definition) is 0. The first-order valence-corrected chi connectivity index (χ1v) is 6.42. The Bertz CT molecular complexity index is 224. The molecule has 1 heterocycles. The van der Waals surface area contributed by atoms with Crippen LogP contribution in [0.2, 0.25) is 0 Å². The zero-order valence-electron chi connectivity index (χ0n) is 10.9. The van der Waals surface area contributed by atoms with Crippen LogP contribution in [-0.4, -0.2) is 43.0 Å². The maximum absolute atomic E-state index is 12.3. The standard InChI is InChI=1S/C13H25NO2/c1-4-13(2,14-9-5-6-10-14)12(15)8-7-11-16-3/h4-11H2,1-3H3. The number of ether oxygens (including phenoxy) is 1. The summed E-state index contributed by atoms with van der Waals surface area (Å²) in [5.74, 6) is 0.383. The summed E-state index contributed by atoms with van der Waals surface area (Å²) < 4.78 is 5.00. The van der Waals surface area contributed by atoms with Gasteiger partial charge >= 0.3 is 0 Å². The van der Waals surface area contributed by atoms with Gasteiger partial charge in [-0.05, 0) is 45.7 Å². The molecule has 0 aromatic heterocycles. The van der Waals surface area contributed by atoms with E-state index in [1.54, 1.807) is 7.11 Å². The number of ketones is 1. The number of Topliss-reactive ketones (excluding diaryl/α,β-unsaturated/α-hetero) is 1. The largest absolute Gasteiger partial charge is 0.385 e. The summed E-state index contributed by atoms with van der Waals surface area (Å²) in [6.07, 6.45) is 4.88. The van der Waals surface area contributed by atoms with Crippen molar-refractivity contribution in [1.29, 1.82) is 0 Å². The van der Waals surface area contributed by atoms with E-state index in [-0.39, 0.29) is 5.54 Å². The van der Waals surface area contributed by atoms with Crippen molar-refractivity contribution in [3.05, 3.63) is 0 Å². The molecule has 0 aliphatic carbocycles. The summed E-state index contributed by atoms with van der Waals surface area (Å²) in [5.41, 5.74) is -0.232. The Morgan fingerprint density at radius 1 is 1.38 bits per heavy atom. The van der Waals surface area contributed by atoms with Crippen molar-refractivity contribution in [2.75, 3.05) is 26.8 Å². The van der Waals surface area contributed by atoms with E-state index in [0.717, 1.165) is 25.9 Å². The number of carbonyl (C=O) groups excluding carboxylic acids is 1. The van der Waals surface area contributed by atoms with Crippen LogP contribution in [0.4, 0.5) is 0 Å². The molecule has 1 fully saturated rings. The molecule has 0 aromatic rings. The smallest absolute Gasteiger partial charge is 0.152 e. The van der Waals surface area contributed by atoms with Crippen molar-refractivity contribution in [2.45, 2.75) is 51.5 Å². The van der Waals surface area contributed by atoms with Gasteiger partial charge in [0.1, 0.15) is 0 Å². The van der Waals surface area contributed by atoms with Crippen LogP contribution < -0.4 is 0 Å². The summed E-state index contributed by atoms with van der Waals surface area (Å²) >= 11 is 0. The molecule has 3 nitrogen and oxygen atoms in total. The molecule has 1 unspecified atom stereocenters. The third kappa shape index (κ3) is 3.05. The lowest BCUT2D eigenvalue weighted by molar-refractivity contribution is -0.130. The fourth-order valence-corrected chi connectivity index (χ4v) is 2.45. The summed E-state index contributed by atoms with van der Waals surface area (Å²) in [6.45, 7) is 7.08. The predicted octanol–water partition coefficient (Wildman–Crippen LogP) is 2.25. The Hall–Kier alpha value is -0.410. The first-order valence-electron chi connectivity index (χ1n) is 6.42. The highest BCUT2D eigenvalue weighted by Crippen LogP contribution is 2.26. The molecule has 0 amide bonds. The molecule has 1 saturated heterocycles. The van der Waals surface area contributed by atoms with E-state index in [1.165, 1.54) is 12.8 Å². The maximum Gasteiger partial charge on any atom is 0.152 e. The van der Waals surface area contributed by atoms with Gasteiger partial charge in [0, 0.05) is 20.1 Å². The highest BCUT2D eigenvalue weighted by Gasteiger charge is 2.37. The normalized spacial score (nSPS) is 20.9. The Balaban J connectivity index is 2.52. The van der Waals surface area contributed by atoms with Crippen molar-refractivity contribution >= 4 is 5.78 Å². The van der Waals surface area contributed by atoms with Gasteiger partial charge in [-0.25, -0.2) is 0 Å². The van der Waals surface area contributed by atoms with Gasteiger partial charge in [-0.2, -0.15) is 0 Å². The topological polar surface area (TPSA) is 29.5 Å². The molecular formula is C13H25NO2. The molecule has 0 radical (unpaired) electrons. The van der Waals surface area contributed by atoms with Gasteiger partial charge in [-0.15, -0.1) is 0 Å². The van der Waals surface area contributed by atoms with E-state index in [0.29, 0.717) is 18.8 Å². The van der Waals surface area contributed by atoms with Gasteiger partial charge < -0.3 is 4.74 Å². The van der Waals surface area contributed by atoms with Crippen LogP contribution in [0.3, 0.4) is 0 Å². The SMILES string of the molecule is CCC(C)(C(=O)CCCOC)N1CCCC1. The van der Waals surface area contributed by atoms with Gasteiger partial charge in [0.25, 0.3) is 0 Å². The first kappa shape index (κ1) is 13.7. The van der Waals surface area contributed by atoms with Crippen LogP contribution in [0.25, 0.3) is 0 Å². The number of likely N-dealkylation sites (tertiary alicyclic amines) is 1. The number of carbonyl (C=O) groups is 1. The average Bonchev–Trinajstić information content (AvgIpc) is 2.82. The molecule has 0 spiro atoms. The Kier molecular flexibility index (Phi) is 5.42. The number of methoxy groups -OCH3 is 1. The van der Waals surface area contributed by atoms with Crippen LogP contribution in [0, 0.1) is 0 Å². The molecule has 3 heteroatoms. The van der Waals surface area contributed by atoms with Gasteiger partial charge in [0.2, 0.25) is 0 Å². The summed E-state index contributed by atoms with van der Waals surface area (Å²) in [4.78, 5) is 14.6. The predicted molar refractivity (Wildman–Crippen MR) is 65.6 cm³/mol. The lowest BCUT2D eigenvalue weighted by Gasteiger charge is -2.36. The Morgan fingerprint density at radius 3 is 2.50 bits per heavy atom. The fourth-order valence-electron chi connectivity index (χ4n) is 2.45. The minimum absolute atomic E-state index is 0.232. The van der Waals surface area contributed by atoms with Gasteiger partial charge in [-0.1, -0.05) is 6.92 Å². The minimum Gasteiger partial charge on any atom is -0.385 e. The zero-order valence-corrected chi connectivity index (χ0v) is 10.9. The van der Waals surface area contributed by atoms with E-state index in [1.807, 2.05) is 0 Å². The summed E-state index contributed by atoms with van der Waals surface area (Å²) in [5, 5.41) is 0. The summed E-state index contributed by atoms with van der Waals surface area (Å²) in [7, 11) is 1.68. The van der Waals surface area contributed by atoms with Crippen LogP contribution >= 0.6 is 0 Å². The maximum atomic E-state index is 12.3.